The van der Waals surface area contributed by atoms with Crippen LogP contribution < -0.4 is 10.1 Å². The molecule has 0 radical (unpaired) electrons. The number of nitrogens with one attached hydrogen (secondary N) is 1. The molecule has 1 aromatic carbocycles. The average Bonchev–Trinajstić information content (AvgIpc) is 2.43. The van der Waals surface area contributed by atoms with Gasteiger partial charge in [0.05, 0.1) is 12.2 Å². The Hall–Kier alpha value is -1.96. The average molecular weight is 348 g/mol. The zero-order valence-corrected chi connectivity index (χ0v) is 14.2. The number of nitrogens with zero attached hydrogens (tertiary/aromatic N) is 1. The van der Waals surface area contributed by atoms with Gasteiger partial charge in [0.25, 0.3) is 0 Å². The van der Waals surface area contributed by atoms with E-state index < -0.39 is 23.4 Å². The summed E-state index contributed by atoms with van der Waals surface area (Å²) in [6.45, 7) is 4.81. The van der Waals surface area contributed by atoms with Crippen LogP contribution >= 0.6 is 0 Å². The predicted octanol–water partition coefficient (Wildman–Crippen LogP) is 3.02. The fraction of sp³-hybridized carbons (Fsp3) is 0.562. The second-order valence-electron chi connectivity index (χ2n) is 6.34. The second-order valence-corrected chi connectivity index (χ2v) is 6.34. The third-order valence-electron chi connectivity index (χ3n) is 3.02. The third-order valence-corrected chi connectivity index (χ3v) is 3.02. The third kappa shape index (κ3) is 6.27. The van der Waals surface area contributed by atoms with E-state index in [2.05, 4.69) is 5.32 Å². The number of ether oxygens (including phenoxy) is 1. The maximum atomic E-state index is 13.3. The van der Waals surface area contributed by atoms with Gasteiger partial charge in [0.2, 0.25) is 0 Å². The van der Waals surface area contributed by atoms with Crippen LogP contribution in [0.5, 0.6) is 5.75 Å². The molecule has 1 aromatic rings. The van der Waals surface area contributed by atoms with Gasteiger partial charge in [-0.2, -0.15) is 13.2 Å². The van der Waals surface area contributed by atoms with E-state index in [4.69, 9.17) is 9.84 Å². The van der Waals surface area contributed by atoms with Crippen molar-refractivity contribution in [3.05, 3.63) is 29.3 Å². The lowest BCUT2D eigenvalue weighted by Crippen LogP contribution is -2.38. The highest BCUT2D eigenvalue weighted by Gasteiger charge is 2.34. The number of alkyl halides is 3. The van der Waals surface area contributed by atoms with Crippen LogP contribution in [-0.2, 0) is 12.7 Å². The quantitative estimate of drug-likeness (QED) is 0.860. The van der Waals surface area contributed by atoms with Gasteiger partial charge in [-0.25, -0.2) is 4.79 Å². The van der Waals surface area contributed by atoms with Gasteiger partial charge in [-0.15, -0.1) is 0 Å². The van der Waals surface area contributed by atoms with Crippen molar-refractivity contribution < 1.29 is 27.8 Å². The summed E-state index contributed by atoms with van der Waals surface area (Å²) in [6.07, 6.45) is -4.56. The normalized spacial score (nSPS) is 12.0. The molecule has 0 fully saturated rings. The summed E-state index contributed by atoms with van der Waals surface area (Å²) < 4.78 is 45.2. The van der Waals surface area contributed by atoms with Crippen LogP contribution in [-0.4, -0.2) is 41.8 Å². The molecule has 136 valence electrons. The Labute approximate surface area is 139 Å². The molecule has 0 saturated heterocycles. The highest BCUT2D eigenvalue weighted by Crippen LogP contribution is 2.35. The molecule has 2 N–H and O–H groups in total. The highest BCUT2D eigenvalue weighted by atomic mass is 19.4. The molecule has 0 aliphatic carbocycles. The summed E-state index contributed by atoms with van der Waals surface area (Å²) >= 11 is 0. The molecule has 2 amide bonds. The Morgan fingerprint density at radius 2 is 1.92 bits per heavy atom. The van der Waals surface area contributed by atoms with Crippen molar-refractivity contribution in [2.24, 2.45) is 0 Å². The largest absolute Gasteiger partial charge is 0.488 e. The molecule has 1 rings (SSSR count). The van der Waals surface area contributed by atoms with Gasteiger partial charge in [0.1, 0.15) is 11.4 Å². The first-order valence-corrected chi connectivity index (χ1v) is 7.43. The molecule has 0 bridgehead atoms. The number of hydrogen-bond donors (Lipinski definition) is 2. The van der Waals surface area contributed by atoms with E-state index in [1.54, 1.807) is 20.8 Å². The maximum absolute atomic E-state index is 13.3. The number of aliphatic hydroxyl groups is 1. The number of urea groups is 1. The van der Waals surface area contributed by atoms with Gasteiger partial charge in [0, 0.05) is 20.1 Å². The highest BCUT2D eigenvalue weighted by molar-refractivity contribution is 5.73. The molecular formula is C16H23F3N2O3. The number of benzene rings is 1. The first-order chi connectivity index (χ1) is 10.9. The Balaban J connectivity index is 2.96. The molecule has 0 atom stereocenters. The Morgan fingerprint density at radius 1 is 1.29 bits per heavy atom. The fourth-order valence-corrected chi connectivity index (χ4v) is 1.95. The lowest BCUT2D eigenvalue weighted by atomic mass is 10.1. The summed E-state index contributed by atoms with van der Waals surface area (Å²) in [6, 6.07) is 3.10. The van der Waals surface area contributed by atoms with Crippen LogP contribution in [0.1, 0.15) is 31.9 Å². The SMILES string of the molecule is CN(CCO)C(=O)NCc1ccc(OC(C)(C)C)cc1C(F)(F)F. The van der Waals surface area contributed by atoms with E-state index in [1.807, 2.05) is 0 Å². The van der Waals surface area contributed by atoms with Gasteiger partial charge in [-0.05, 0) is 38.5 Å². The van der Waals surface area contributed by atoms with E-state index in [0.29, 0.717) is 0 Å². The van der Waals surface area contributed by atoms with E-state index in [-0.39, 0.29) is 31.0 Å². The monoisotopic (exact) mass is 348 g/mol. The Kier molecular flexibility index (Phi) is 6.48. The van der Waals surface area contributed by atoms with E-state index in [1.165, 1.54) is 24.1 Å². The number of halogens is 3. The number of amides is 2. The lowest BCUT2D eigenvalue weighted by molar-refractivity contribution is -0.138. The predicted molar refractivity (Wildman–Crippen MR) is 83.8 cm³/mol. The van der Waals surface area contributed by atoms with Crippen molar-refractivity contribution in [1.29, 1.82) is 0 Å². The van der Waals surface area contributed by atoms with E-state index in [9.17, 15) is 18.0 Å². The van der Waals surface area contributed by atoms with Crippen LogP contribution in [0.4, 0.5) is 18.0 Å². The van der Waals surface area contributed by atoms with Crippen LogP contribution in [0.2, 0.25) is 0 Å². The van der Waals surface area contributed by atoms with Gasteiger partial charge in [-0.1, -0.05) is 6.07 Å². The lowest BCUT2D eigenvalue weighted by Gasteiger charge is -2.23. The molecule has 0 unspecified atom stereocenters. The molecule has 0 heterocycles. The van der Waals surface area contributed by atoms with E-state index >= 15 is 0 Å². The summed E-state index contributed by atoms with van der Waals surface area (Å²) in [5.74, 6) is 0.113. The Bertz CT molecular complexity index is 569. The minimum atomic E-state index is -4.56. The Morgan fingerprint density at radius 3 is 2.42 bits per heavy atom. The zero-order chi connectivity index (χ0) is 18.5. The van der Waals surface area contributed by atoms with Crippen molar-refractivity contribution in [3.63, 3.8) is 0 Å². The van der Waals surface area contributed by atoms with Crippen molar-refractivity contribution >= 4 is 6.03 Å². The van der Waals surface area contributed by atoms with Gasteiger partial charge < -0.3 is 20.1 Å². The number of likely N-dealkylation sites (N-methyl/N-ethyl adjacent to an activating group) is 1. The first-order valence-electron chi connectivity index (χ1n) is 7.43. The summed E-state index contributed by atoms with van der Waals surface area (Å²) in [5.41, 5.74) is -1.53. The first kappa shape index (κ1) is 20.1. The summed E-state index contributed by atoms with van der Waals surface area (Å²) in [4.78, 5) is 12.9. The van der Waals surface area contributed by atoms with Crippen molar-refractivity contribution in [1.82, 2.24) is 10.2 Å². The molecule has 24 heavy (non-hydrogen) atoms. The molecule has 0 aliphatic rings. The smallest absolute Gasteiger partial charge is 0.416 e. The van der Waals surface area contributed by atoms with Crippen LogP contribution in [0.25, 0.3) is 0 Å². The fourth-order valence-electron chi connectivity index (χ4n) is 1.95. The van der Waals surface area contributed by atoms with Gasteiger partial charge >= 0.3 is 12.2 Å². The number of carbonyl (C=O) groups excluding carboxylic acids is 1. The van der Waals surface area contributed by atoms with Crippen LogP contribution in [0, 0.1) is 0 Å². The van der Waals surface area contributed by atoms with Gasteiger partial charge in [-0.3, -0.25) is 0 Å². The van der Waals surface area contributed by atoms with Gasteiger partial charge in [0.15, 0.2) is 0 Å². The standard InChI is InChI=1S/C16H23F3N2O3/c1-15(2,3)24-12-6-5-11(13(9-12)16(17,18)19)10-20-14(23)21(4)7-8-22/h5-6,9,22H,7-8,10H2,1-4H3,(H,20,23). The summed E-state index contributed by atoms with van der Waals surface area (Å²) in [5, 5.41) is 11.2. The van der Waals surface area contributed by atoms with Crippen molar-refractivity contribution in [2.75, 3.05) is 20.2 Å². The van der Waals surface area contributed by atoms with E-state index in [0.717, 1.165) is 6.07 Å². The zero-order valence-electron chi connectivity index (χ0n) is 14.2. The molecule has 0 spiro atoms. The molecule has 8 heteroatoms. The summed E-state index contributed by atoms with van der Waals surface area (Å²) in [7, 11) is 1.44. The van der Waals surface area contributed by atoms with Crippen molar-refractivity contribution in [2.45, 2.75) is 39.1 Å². The molecule has 5 nitrogen and oxygen atoms in total. The number of rotatable bonds is 5. The molecule has 0 aromatic heterocycles. The molecular weight excluding hydrogens is 325 g/mol. The molecule has 0 aliphatic heterocycles. The van der Waals surface area contributed by atoms with Crippen LogP contribution in [0.3, 0.4) is 0 Å². The minimum Gasteiger partial charge on any atom is -0.488 e. The van der Waals surface area contributed by atoms with Crippen LogP contribution in [0.15, 0.2) is 18.2 Å². The number of aliphatic hydroxyl groups excluding tert-OH is 1. The second kappa shape index (κ2) is 7.74. The topological polar surface area (TPSA) is 61.8 Å². The number of carbonyl (C=O) groups is 1. The number of hydrogen-bond acceptors (Lipinski definition) is 3. The maximum Gasteiger partial charge on any atom is 0.416 e. The van der Waals surface area contributed by atoms with Crippen molar-refractivity contribution in [3.8, 4) is 5.75 Å². The molecule has 0 saturated carbocycles. The minimum absolute atomic E-state index is 0.0606.